The van der Waals surface area contributed by atoms with Gasteiger partial charge in [-0.15, -0.1) is 0 Å². The van der Waals surface area contributed by atoms with Crippen LogP contribution in [0.4, 0.5) is 0 Å². The van der Waals surface area contributed by atoms with Crippen LogP contribution in [0.3, 0.4) is 0 Å². The summed E-state index contributed by atoms with van der Waals surface area (Å²) < 4.78 is 3.96. The molecule has 1 nitrogen and oxygen atoms in total. The van der Waals surface area contributed by atoms with Gasteiger partial charge in [0, 0.05) is 18.3 Å². The Labute approximate surface area is 137 Å². The highest BCUT2D eigenvalue weighted by molar-refractivity contribution is 4.92. The van der Waals surface area contributed by atoms with Crippen molar-refractivity contribution in [3.8, 4) is 0 Å². The van der Waals surface area contributed by atoms with E-state index in [1.54, 1.807) is 0 Å². The van der Waals surface area contributed by atoms with Gasteiger partial charge in [-0.3, -0.25) is 4.48 Å². The number of hydrogen-bond donors (Lipinski definition) is 0. The van der Waals surface area contributed by atoms with Crippen LogP contribution in [0.5, 0.6) is 0 Å². The lowest BCUT2D eigenvalue weighted by molar-refractivity contribution is -1.02. The third-order valence-electron chi connectivity index (χ3n) is 6.28. The van der Waals surface area contributed by atoms with Crippen LogP contribution in [0.2, 0.25) is 0 Å². The number of hydrogen-bond acceptors (Lipinski definition) is 0. The maximum Gasteiger partial charge on any atom is 0.338 e. The smallest absolute Gasteiger partial charge is 0.283 e. The van der Waals surface area contributed by atoms with Crippen molar-refractivity contribution in [1.29, 1.82) is 0 Å². The Morgan fingerprint density at radius 1 is 1.15 bits per heavy atom. The van der Waals surface area contributed by atoms with Crippen LogP contribution >= 0.6 is 0 Å². The Kier molecular flexibility index (Phi) is 5.84. The van der Waals surface area contributed by atoms with Gasteiger partial charge in [0.05, 0.1) is 19.6 Å². The van der Waals surface area contributed by atoms with Gasteiger partial charge in [-0.05, 0) is 38.0 Å². The zero-order chi connectivity index (χ0) is 14.9. The number of rotatable bonds is 5. The predicted octanol–water partition coefficient (Wildman–Crippen LogP) is 1.37. The summed E-state index contributed by atoms with van der Waals surface area (Å²) in [5.41, 5.74) is 0. The first kappa shape index (κ1) is 17.1. The fourth-order valence-corrected chi connectivity index (χ4v) is 7.93. The van der Waals surface area contributed by atoms with Gasteiger partial charge in [-0.25, -0.2) is 0 Å². The Morgan fingerprint density at radius 3 is 2.50 bits per heavy atom. The molecule has 1 aliphatic carbocycles. The van der Waals surface area contributed by atoms with Crippen LogP contribution in [0.1, 0.15) is 60.3 Å². The molecule has 118 valence electrons. The van der Waals surface area contributed by atoms with E-state index in [-0.39, 0.29) is 0 Å². The molecule has 2 aliphatic rings. The van der Waals surface area contributed by atoms with Crippen molar-refractivity contribution >= 4 is 0 Å². The van der Waals surface area contributed by atoms with Crippen LogP contribution in [0.15, 0.2) is 0 Å². The Morgan fingerprint density at radius 2 is 1.85 bits per heavy atom. The minimum atomic E-state index is 0.349. The van der Waals surface area contributed by atoms with Crippen molar-refractivity contribution in [2.45, 2.75) is 70.3 Å². The normalized spacial score (nSPS) is 40.6. The quantitative estimate of drug-likeness (QED) is 0.287. The molecule has 0 bridgehead atoms. The molecule has 0 aromatic carbocycles. The molecule has 0 spiro atoms. The summed E-state index contributed by atoms with van der Waals surface area (Å²) >= 11 is 0.349. The molecular formula is C18H36IN+2. The van der Waals surface area contributed by atoms with Crippen LogP contribution in [0.25, 0.3) is 0 Å². The molecule has 1 heterocycles. The first-order chi connectivity index (χ1) is 9.35. The van der Waals surface area contributed by atoms with Gasteiger partial charge >= 0.3 is 21.2 Å². The number of fused-ring (bicyclic) bond motifs is 1. The number of quaternary nitrogens is 1. The van der Waals surface area contributed by atoms with Crippen molar-refractivity contribution in [3.63, 3.8) is 0 Å². The maximum atomic E-state index is 2.59. The first-order valence-electron chi connectivity index (χ1n) is 8.77. The predicted molar refractivity (Wildman–Crippen MR) is 84.3 cm³/mol. The Balaban J connectivity index is 1.90. The summed E-state index contributed by atoms with van der Waals surface area (Å²) in [6.45, 7) is 13.8. The molecule has 6 atom stereocenters. The molecule has 0 aromatic rings. The molecule has 0 radical (unpaired) electrons. The Hall–Kier alpha value is 0.690. The second-order valence-corrected chi connectivity index (χ2v) is 11.7. The fraction of sp³-hybridized carbons (Fsp3) is 1.00. The standard InChI is InChI=1S/C18H36IN/c1-13(2)15(4)16(5)19-12-20(6)10-8-7-9-14(3)17-11-18(17)20/h13-18H,7-12H2,1-6H3/q+2/t14?,15?,16-,17?,18?,20?/m1/s1. The van der Waals surface area contributed by atoms with Gasteiger partial charge in [0.25, 0.3) is 4.55 Å². The molecule has 1 aliphatic heterocycles. The minimum absolute atomic E-state index is 0.349. The minimum Gasteiger partial charge on any atom is -0.283 e. The Bertz CT molecular complexity index is 317. The van der Waals surface area contributed by atoms with E-state index in [1.165, 1.54) is 41.3 Å². The molecule has 5 unspecified atom stereocenters. The van der Waals surface area contributed by atoms with Crippen LogP contribution in [-0.4, -0.2) is 32.6 Å². The number of nitrogens with zero attached hydrogens (tertiary/aromatic N) is 1. The molecular weight excluding hydrogens is 357 g/mol. The highest BCUT2D eigenvalue weighted by atomic mass is 127. The van der Waals surface area contributed by atoms with Gasteiger partial charge in [-0.2, -0.15) is 0 Å². The van der Waals surface area contributed by atoms with Crippen LogP contribution < -0.4 is 21.2 Å². The molecule has 0 aromatic heterocycles. The third-order valence-corrected chi connectivity index (χ3v) is 10.8. The van der Waals surface area contributed by atoms with Crippen molar-refractivity contribution in [1.82, 2.24) is 0 Å². The van der Waals surface area contributed by atoms with Crippen molar-refractivity contribution in [2.24, 2.45) is 23.7 Å². The molecule has 1 saturated heterocycles. The largest absolute Gasteiger partial charge is 0.338 e. The summed E-state index contributed by atoms with van der Waals surface area (Å²) in [5, 5.41) is 0. The monoisotopic (exact) mass is 393 g/mol. The summed E-state index contributed by atoms with van der Waals surface area (Å²) in [4.78, 5) is 0. The zero-order valence-electron chi connectivity index (χ0n) is 14.5. The third kappa shape index (κ3) is 3.91. The average Bonchev–Trinajstić information content (AvgIpc) is 3.19. The van der Waals surface area contributed by atoms with E-state index in [0.29, 0.717) is 21.2 Å². The SMILES string of the molecule is CC(C)C(C)[C@@H](C)[I+]C[N+]1(C)CCCCC(C)C2CC21. The highest BCUT2D eigenvalue weighted by Crippen LogP contribution is 2.47. The van der Waals surface area contributed by atoms with Gasteiger partial charge < -0.3 is 0 Å². The van der Waals surface area contributed by atoms with E-state index in [1.807, 2.05) is 0 Å². The number of likely N-dealkylation sites (tertiary alicyclic amines) is 1. The molecule has 20 heavy (non-hydrogen) atoms. The highest BCUT2D eigenvalue weighted by Gasteiger charge is 2.55. The second-order valence-electron chi connectivity index (χ2n) is 8.20. The molecule has 2 fully saturated rings. The molecule has 2 heteroatoms. The fourth-order valence-electron chi connectivity index (χ4n) is 3.93. The van der Waals surface area contributed by atoms with E-state index in [9.17, 15) is 0 Å². The molecule has 0 N–H and O–H groups in total. The number of alkyl halides is 2. The lowest BCUT2D eigenvalue weighted by Gasteiger charge is -2.34. The van der Waals surface area contributed by atoms with E-state index in [2.05, 4.69) is 41.7 Å². The summed E-state index contributed by atoms with van der Waals surface area (Å²) in [5.74, 6) is 3.85. The number of halogens is 1. The summed E-state index contributed by atoms with van der Waals surface area (Å²) in [6.07, 6.45) is 5.99. The maximum absolute atomic E-state index is 2.59. The topological polar surface area (TPSA) is 0 Å². The van der Waals surface area contributed by atoms with E-state index < -0.39 is 0 Å². The van der Waals surface area contributed by atoms with Crippen molar-refractivity contribution in [3.05, 3.63) is 0 Å². The van der Waals surface area contributed by atoms with Gasteiger partial charge in [0.1, 0.15) is 0 Å². The lowest BCUT2D eigenvalue weighted by atomic mass is 9.96. The van der Waals surface area contributed by atoms with E-state index >= 15 is 0 Å². The van der Waals surface area contributed by atoms with E-state index in [0.717, 1.165) is 33.6 Å². The molecule has 1 saturated carbocycles. The summed E-state index contributed by atoms with van der Waals surface area (Å²) in [7, 11) is 2.59. The van der Waals surface area contributed by atoms with Crippen molar-refractivity contribution < 1.29 is 25.7 Å². The first-order valence-corrected chi connectivity index (χ1v) is 11.5. The lowest BCUT2D eigenvalue weighted by Crippen LogP contribution is -3.67. The van der Waals surface area contributed by atoms with Crippen molar-refractivity contribution in [2.75, 3.05) is 18.1 Å². The van der Waals surface area contributed by atoms with Crippen LogP contribution in [-0.2, 0) is 0 Å². The average molecular weight is 393 g/mol. The molecule has 0 amide bonds. The second kappa shape index (κ2) is 6.85. The van der Waals surface area contributed by atoms with E-state index in [4.69, 9.17) is 0 Å². The summed E-state index contributed by atoms with van der Waals surface area (Å²) in [6, 6.07) is 1.03. The van der Waals surface area contributed by atoms with Gasteiger partial charge in [-0.1, -0.05) is 27.7 Å². The van der Waals surface area contributed by atoms with Gasteiger partial charge in [0.15, 0.2) is 3.92 Å². The van der Waals surface area contributed by atoms with Crippen LogP contribution in [0, 0.1) is 23.7 Å². The zero-order valence-corrected chi connectivity index (χ0v) is 16.7. The van der Waals surface area contributed by atoms with Gasteiger partial charge in [0.2, 0.25) is 0 Å². The molecule has 2 rings (SSSR count).